The molecule has 1 unspecified atom stereocenters. The molecule has 0 radical (unpaired) electrons. The highest BCUT2D eigenvalue weighted by Gasteiger charge is 2.11. The predicted octanol–water partition coefficient (Wildman–Crippen LogP) is 4.43. The van der Waals surface area contributed by atoms with E-state index in [1.807, 2.05) is 12.1 Å². The molecule has 0 bridgehead atoms. The molecule has 0 amide bonds. The topological polar surface area (TPSA) is 20.2 Å². The van der Waals surface area contributed by atoms with Gasteiger partial charge in [0.1, 0.15) is 5.82 Å². The van der Waals surface area contributed by atoms with Gasteiger partial charge in [0.05, 0.1) is 6.10 Å². The van der Waals surface area contributed by atoms with Crippen molar-refractivity contribution in [1.82, 2.24) is 0 Å². The predicted molar refractivity (Wildman–Crippen MR) is 83.3 cm³/mol. The molecule has 1 N–H and O–H groups in total. The van der Waals surface area contributed by atoms with Crippen LogP contribution in [0, 0.1) is 12.7 Å². The van der Waals surface area contributed by atoms with Gasteiger partial charge < -0.3 is 5.11 Å². The first kappa shape index (κ1) is 15.2. The Labute approximate surface area is 127 Å². The highest BCUT2D eigenvalue weighted by atomic mass is 79.9. The lowest BCUT2D eigenvalue weighted by molar-refractivity contribution is 0.164. The molecule has 3 heteroatoms. The maximum Gasteiger partial charge on any atom is 0.126 e. The average Bonchev–Trinajstić information content (AvgIpc) is 2.42. The summed E-state index contributed by atoms with van der Waals surface area (Å²) in [5.74, 6) is -0.261. The Kier molecular flexibility index (Phi) is 5.32. The van der Waals surface area contributed by atoms with Crippen LogP contribution in [0.25, 0.3) is 0 Å². The van der Waals surface area contributed by atoms with Crippen LogP contribution in [0.15, 0.2) is 46.9 Å². The van der Waals surface area contributed by atoms with Crippen molar-refractivity contribution in [2.45, 2.75) is 32.3 Å². The molecular formula is C17H18BrFO. The lowest BCUT2D eigenvalue weighted by Gasteiger charge is -2.12. The average molecular weight is 337 g/mol. The third-order valence-electron chi connectivity index (χ3n) is 3.47. The van der Waals surface area contributed by atoms with Gasteiger partial charge in [0.15, 0.2) is 0 Å². The Hall–Kier alpha value is -1.19. The number of halogens is 2. The molecule has 2 aromatic rings. The highest BCUT2D eigenvalue weighted by molar-refractivity contribution is 9.10. The number of aryl methyl sites for hydroxylation is 2. The fourth-order valence-corrected chi connectivity index (χ4v) is 2.68. The number of hydrogen-bond donors (Lipinski definition) is 1. The summed E-state index contributed by atoms with van der Waals surface area (Å²) in [4.78, 5) is 0. The number of hydrogen-bond acceptors (Lipinski definition) is 1. The fourth-order valence-electron chi connectivity index (χ4n) is 2.27. The first-order chi connectivity index (χ1) is 9.56. The van der Waals surface area contributed by atoms with Crippen LogP contribution in [0.5, 0.6) is 0 Å². The monoisotopic (exact) mass is 336 g/mol. The molecule has 0 saturated heterocycles. The minimum atomic E-state index is -0.529. The molecular weight excluding hydrogens is 319 g/mol. The summed E-state index contributed by atoms with van der Waals surface area (Å²) in [5, 5.41) is 10.1. The van der Waals surface area contributed by atoms with Crippen LogP contribution >= 0.6 is 15.9 Å². The van der Waals surface area contributed by atoms with Crippen LogP contribution in [0.1, 0.15) is 23.1 Å². The summed E-state index contributed by atoms with van der Waals surface area (Å²) in [7, 11) is 0. The van der Waals surface area contributed by atoms with E-state index in [0.29, 0.717) is 18.4 Å². The second-order valence-electron chi connectivity index (χ2n) is 5.06. The van der Waals surface area contributed by atoms with Crippen molar-refractivity contribution < 1.29 is 9.50 Å². The van der Waals surface area contributed by atoms with Crippen LogP contribution in [0.2, 0.25) is 0 Å². The Balaban J connectivity index is 1.94. The first-order valence-corrected chi connectivity index (χ1v) is 7.52. The summed E-state index contributed by atoms with van der Waals surface area (Å²) in [6.07, 6.45) is 1.26. The minimum Gasteiger partial charge on any atom is -0.393 e. The van der Waals surface area contributed by atoms with Crippen LogP contribution in [-0.4, -0.2) is 11.2 Å². The van der Waals surface area contributed by atoms with Gasteiger partial charge in [-0.1, -0.05) is 40.2 Å². The Bertz CT molecular complexity index is 583. The molecule has 0 aromatic heterocycles. The van der Waals surface area contributed by atoms with Crippen molar-refractivity contribution in [3.63, 3.8) is 0 Å². The Morgan fingerprint density at radius 1 is 1.15 bits per heavy atom. The second kappa shape index (κ2) is 7.00. The molecule has 2 rings (SSSR count). The minimum absolute atomic E-state index is 0.261. The molecule has 1 atom stereocenters. The zero-order valence-corrected chi connectivity index (χ0v) is 13.0. The van der Waals surface area contributed by atoms with Gasteiger partial charge in [-0.15, -0.1) is 0 Å². The molecule has 0 spiro atoms. The third-order valence-corrected chi connectivity index (χ3v) is 3.96. The Morgan fingerprint density at radius 2 is 1.90 bits per heavy atom. The standard InChI is InChI=1S/C17H18BrFO/c1-12-4-2-3-5-13(12)6-8-16(20)11-14-10-15(18)7-9-17(14)19/h2-5,7,9-10,16,20H,6,8,11H2,1H3. The van der Waals surface area contributed by atoms with Gasteiger partial charge >= 0.3 is 0 Å². The molecule has 0 heterocycles. The number of aliphatic hydroxyl groups excluding tert-OH is 1. The number of benzene rings is 2. The van der Waals surface area contributed by atoms with Gasteiger partial charge in [-0.2, -0.15) is 0 Å². The quantitative estimate of drug-likeness (QED) is 0.856. The Morgan fingerprint density at radius 3 is 2.65 bits per heavy atom. The van der Waals surface area contributed by atoms with E-state index in [9.17, 15) is 9.50 Å². The fraction of sp³-hybridized carbons (Fsp3) is 0.294. The summed E-state index contributed by atoms with van der Waals surface area (Å²) >= 11 is 3.32. The van der Waals surface area contributed by atoms with Crippen molar-refractivity contribution in [3.05, 3.63) is 69.4 Å². The van der Waals surface area contributed by atoms with Crippen molar-refractivity contribution in [3.8, 4) is 0 Å². The second-order valence-corrected chi connectivity index (χ2v) is 5.97. The molecule has 106 valence electrons. The van der Waals surface area contributed by atoms with E-state index in [4.69, 9.17) is 0 Å². The lowest BCUT2D eigenvalue weighted by Crippen LogP contribution is -2.13. The molecule has 0 aliphatic rings. The number of rotatable bonds is 5. The summed E-state index contributed by atoms with van der Waals surface area (Å²) in [6, 6.07) is 13.0. The summed E-state index contributed by atoms with van der Waals surface area (Å²) < 4.78 is 14.5. The van der Waals surface area contributed by atoms with Crippen LogP contribution in [-0.2, 0) is 12.8 Å². The largest absolute Gasteiger partial charge is 0.393 e. The van der Waals surface area contributed by atoms with E-state index in [-0.39, 0.29) is 5.82 Å². The van der Waals surface area contributed by atoms with Crippen molar-refractivity contribution in [2.75, 3.05) is 0 Å². The van der Waals surface area contributed by atoms with Gasteiger partial charge in [0.25, 0.3) is 0 Å². The molecule has 0 saturated carbocycles. The van der Waals surface area contributed by atoms with E-state index in [2.05, 4.69) is 35.0 Å². The number of aliphatic hydroxyl groups is 1. The van der Waals surface area contributed by atoms with Crippen molar-refractivity contribution in [1.29, 1.82) is 0 Å². The molecule has 20 heavy (non-hydrogen) atoms. The van der Waals surface area contributed by atoms with Gasteiger partial charge in [-0.05, 0) is 54.7 Å². The lowest BCUT2D eigenvalue weighted by atomic mass is 9.98. The molecule has 0 fully saturated rings. The summed E-state index contributed by atoms with van der Waals surface area (Å²) in [6.45, 7) is 2.07. The first-order valence-electron chi connectivity index (χ1n) is 6.73. The molecule has 1 nitrogen and oxygen atoms in total. The smallest absolute Gasteiger partial charge is 0.126 e. The van der Waals surface area contributed by atoms with Crippen molar-refractivity contribution >= 4 is 15.9 Å². The van der Waals surface area contributed by atoms with Crippen molar-refractivity contribution in [2.24, 2.45) is 0 Å². The van der Waals surface area contributed by atoms with E-state index in [0.717, 1.165) is 10.9 Å². The SMILES string of the molecule is Cc1ccccc1CCC(O)Cc1cc(Br)ccc1F. The third kappa shape index (κ3) is 4.15. The van der Waals surface area contributed by atoms with Gasteiger partial charge in [-0.3, -0.25) is 0 Å². The molecule has 0 aliphatic carbocycles. The van der Waals surface area contributed by atoms with E-state index >= 15 is 0 Å². The van der Waals surface area contributed by atoms with E-state index < -0.39 is 6.10 Å². The normalized spacial score (nSPS) is 12.4. The highest BCUT2D eigenvalue weighted by Crippen LogP contribution is 2.19. The molecule has 2 aromatic carbocycles. The van der Waals surface area contributed by atoms with E-state index in [1.165, 1.54) is 17.2 Å². The van der Waals surface area contributed by atoms with Gasteiger partial charge in [0.2, 0.25) is 0 Å². The van der Waals surface area contributed by atoms with Gasteiger partial charge in [-0.25, -0.2) is 4.39 Å². The van der Waals surface area contributed by atoms with Gasteiger partial charge in [0, 0.05) is 10.9 Å². The summed E-state index contributed by atoms with van der Waals surface area (Å²) in [5.41, 5.74) is 3.02. The zero-order chi connectivity index (χ0) is 14.5. The van der Waals surface area contributed by atoms with Crippen LogP contribution in [0.4, 0.5) is 4.39 Å². The maximum absolute atomic E-state index is 13.6. The molecule has 0 aliphatic heterocycles. The maximum atomic E-state index is 13.6. The zero-order valence-electron chi connectivity index (χ0n) is 11.4. The van der Waals surface area contributed by atoms with Crippen LogP contribution < -0.4 is 0 Å². The van der Waals surface area contributed by atoms with Crippen LogP contribution in [0.3, 0.4) is 0 Å². The van der Waals surface area contributed by atoms with E-state index in [1.54, 1.807) is 12.1 Å².